The second kappa shape index (κ2) is 8.12. The van der Waals surface area contributed by atoms with Crippen molar-refractivity contribution in [1.29, 1.82) is 0 Å². The maximum absolute atomic E-state index is 12.5. The van der Waals surface area contributed by atoms with Crippen molar-refractivity contribution in [3.8, 4) is 0 Å². The molecular formula is C22H20N2O2. The highest BCUT2D eigenvalue weighted by molar-refractivity contribution is 6.08. The first kappa shape index (κ1) is 17.4. The molecule has 0 spiro atoms. The molecule has 0 fully saturated rings. The molecule has 0 aliphatic rings. The van der Waals surface area contributed by atoms with Crippen LogP contribution in [-0.2, 0) is 11.2 Å². The number of amides is 2. The van der Waals surface area contributed by atoms with Crippen LogP contribution in [0.1, 0.15) is 21.5 Å². The first-order valence-electron chi connectivity index (χ1n) is 8.43. The Bertz CT molecular complexity index is 920. The van der Waals surface area contributed by atoms with Gasteiger partial charge in [0, 0.05) is 5.56 Å². The van der Waals surface area contributed by atoms with Crippen LogP contribution in [0.5, 0.6) is 0 Å². The Kier molecular flexibility index (Phi) is 5.44. The van der Waals surface area contributed by atoms with E-state index in [1.165, 1.54) is 0 Å². The number of carbonyl (C=O) groups excluding carboxylic acids is 2. The molecule has 2 N–H and O–H groups in total. The van der Waals surface area contributed by atoms with Crippen LogP contribution in [0.3, 0.4) is 0 Å². The van der Waals surface area contributed by atoms with Crippen LogP contribution >= 0.6 is 0 Å². The number of rotatable bonds is 5. The van der Waals surface area contributed by atoms with Crippen LogP contribution in [-0.4, -0.2) is 11.8 Å². The molecule has 0 aliphatic carbocycles. The maximum atomic E-state index is 12.5. The Balaban J connectivity index is 1.73. The molecule has 4 heteroatoms. The van der Waals surface area contributed by atoms with E-state index in [1.54, 1.807) is 18.2 Å². The van der Waals surface area contributed by atoms with E-state index in [2.05, 4.69) is 10.6 Å². The SMILES string of the molecule is Cc1ccccc1C(=O)Nc1ccccc1NC(=O)Cc1ccccc1. The third kappa shape index (κ3) is 4.36. The van der Waals surface area contributed by atoms with Gasteiger partial charge in [0.15, 0.2) is 0 Å². The van der Waals surface area contributed by atoms with Gasteiger partial charge in [-0.05, 0) is 36.2 Å². The molecule has 0 radical (unpaired) electrons. The number of benzene rings is 3. The summed E-state index contributed by atoms with van der Waals surface area (Å²) in [7, 11) is 0. The second-order valence-electron chi connectivity index (χ2n) is 6.03. The number of carbonyl (C=O) groups is 2. The molecule has 26 heavy (non-hydrogen) atoms. The molecule has 0 atom stereocenters. The minimum Gasteiger partial charge on any atom is -0.324 e. The highest BCUT2D eigenvalue weighted by Gasteiger charge is 2.12. The maximum Gasteiger partial charge on any atom is 0.255 e. The standard InChI is InChI=1S/C22H20N2O2/c1-16-9-5-6-12-18(16)22(26)24-20-14-8-7-13-19(20)23-21(25)15-17-10-3-2-4-11-17/h2-14H,15H2,1H3,(H,23,25)(H,24,26). The van der Waals surface area contributed by atoms with Crippen LogP contribution in [0.25, 0.3) is 0 Å². The van der Waals surface area contributed by atoms with Crippen molar-refractivity contribution in [2.75, 3.05) is 10.6 Å². The molecule has 3 aromatic carbocycles. The zero-order valence-electron chi connectivity index (χ0n) is 14.5. The molecule has 130 valence electrons. The fourth-order valence-corrected chi connectivity index (χ4v) is 2.69. The van der Waals surface area contributed by atoms with E-state index in [-0.39, 0.29) is 18.2 Å². The molecule has 0 saturated heterocycles. The summed E-state index contributed by atoms with van der Waals surface area (Å²) in [5, 5.41) is 5.76. The third-order valence-corrected chi connectivity index (χ3v) is 4.05. The molecule has 0 unspecified atom stereocenters. The molecule has 0 saturated carbocycles. The fraction of sp³-hybridized carbons (Fsp3) is 0.0909. The summed E-state index contributed by atoms with van der Waals surface area (Å²) in [5.74, 6) is -0.332. The second-order valence-corrected chi connectivity index (χ2v) is 6.03. The number of anilines is 2. The molecule has 2 amide bonds. The van der Waals surface area contributed by atoms with Crippen molar-refractivity contribution in [3.05, 3.63) is 95.6 Å². The van der Waals surface area contributed by atoms with Gasteiger partial charge in [-0.2, -0.15) is 0 Å². The number of para-hydroxylation sites is 2. The van der Waals surface area contributed by atoms with Gasteiger partial charge >= 0.3 is 0 Å². The molecule has 3 rings (SSSR count). The summed E-state index contributed by atoms with van der Waals surface area (Å²) in [6, 6.07) is 24.1. The lowest BCUT2D eigenvalue weighted by Crippen LogP contribution is -2.18. The van der Waals surface area contributed by atoms with Crippen molar-refractivity contribution in [1.82, 2.24) is 0 Å². The summed E-state index contributed by atoms with van der Waals surface area (Å²) >= 11 is 0. The van der Waals surface area contributed by atoms with Gasteiger partial charge in [0.25, 0.3) is 5.91 Å². The minimum absolute atomic E-state index is 0.131. The summed E-state index contributed by atoms with van der Waals surface area (Å²) in [5.41, 5.74) is 3.59. The number of aryl methyl sites for hydroxylation is 1. The Hall–Kier alpha value is -3.40. The number of nitrogens with one attached hydrogen (secondary N) is 2. The molecule has 0 heterocycles. The van der Waals surface area contributed by atoms with E-state index in [4.69, 9.17) is 0 Å². The van der Waals surface area contributed by atoms with Crippen LogP contribution in [0.4, 0.5) is 11.4 Å². The van der Waals surface area contributed by atoms with Gasteiger partial charge in [-0.1, -0.05) is 60.7 Å². The van der Waals surface area contributed by atoms with Crippen molar-refractivity contribution in [3.63, 3.8) is 0 Å². The lowest BCUT2D eigenvalue weighted by atomic mass is 10.1. The Morgan fingerprint density at radius 2 is 1.31 bits per heavy atom. The van der Waals surface area contributed by atoms with Crippen LogP contribution in [0.2, 0.25) is 0 Å². The van der Waals surface area contributed by atoms with Gasteiger partial charge < -0.3 is 10.6 Å². The fourth-order valence-electron chi connectivity index (χ4n) is 2.69. The topological polar surface area (TPSA) is 58.2 Å². The van der Waals surface area contributed by atoms with E-state index in [1.807, 2.05) is 67.6 Å². The zero-order valence-corrected chi connectivity index (χ0v) is 14.5. The molecule has 0 aliphatic heterocycles. The average Bonchev–Trinajstić information content (AvgIpc) is 2.64. The predicted molar refractivity (Wildman–Crippen MR) is 104 cm³/mol. The predicted octanol–water partition coefficient (Wildman–Crippen LogP) is 4.43. The van der Waals surface area contributed by atoms with Gasteiger partial charge in [-0.25, -0.2) is 0 Å². The van der Waals surface area contributed by atoms with Crippen LogP contribution in [0.15, 0.2) is 78.9 Å². The van der Waals surface area contributed by atoms with Gasteiger partial charge in [-0.15, -0.1) is 0 Å². The zero-order chi connectivity index (χ0) is 18.4. The van der Waals surface area contributed by atoms with Gasteiger partial charge in [0.05, 0.1) is 17.8 Å². The number of hydrogen-bond donors (Lipinski definition) is 2. The highest BCUT2D eigenvalue weighted by atomic mass is 16.2. The molecule has 4 nitrogen and oxygen atoms in total. The van der Waals surface area contributed by atoms with Gasteiger partial charge in [-0.3, -0.25) is 9.59 Å². The van der Waals surface area contributed by atoms with Gasteiger partial charge in [0.2, 0.25) is 5.91 Å². The van der Waals surface area contributed by atoms with E-state index in [9.17, 15) is 9.59 Å². The third-order valence-electron chi connectivity index (χ3n) is 4.05. The number of hydrogen-bond acceptors (Lipinski definition) is 2. The molecule has 0 aromatic heterocycles. The Labute approximate surface area is 152 Å². The largest absolute Gasteiger partial charge is 0.324 e. The molecule has 3 aromatic rings. The lowest BCUT2D eigenvalue weighted by Gasteiger charge is -2.13. The first-order chi connectivity index (χ1) is 12.6. The van der Waals surface area contributed by atoms with Crippen molar-refractivity contribution in [2.45, 2.75) is 13.3 Å². The average molecular weight is 344 g/mol. The Morgan fingerprint density at radius 3 is 2.00 bits per heavy atom. The monoisotopic (exact) mass is 344 g/mol. The van der Waals surface area contributed by atoms with E-state index in [0.29, 0.717) is 16.9 Å². The van der Waals surface area contributed by atoms with E-state index >= 15 is 0 Å². The Morgan fingerprint density at radius 1 is 0.731 bits per heavy atom. The van der Waals surface area contributed by atoms with Crippen LogP contribution < -0.4 is 10.6 Å². The van der Waals surface area contributed by atoms with Crippen LogP contribution in [0, 0.1) is 6.92 Å². The van der Waals surface area contributed by atoms with Crippen molar-refractivity contribution in [2.24, 2.45) is 0 Å². The highest BCUT2D eigenvalue weighted by Crippen LogP contribution is 2.22. The summed E-state index contributed by atoms with van der Waals surface area (Å²) in [4.78, 5) is 24.9. The van der Waals surface area contributed by atoms with Crippen molar-refractivity contribution >= 4 is 23.2 Å². The summed E-state index contributed by atoms with van der Waals surface area (Å²) in [6.07, 6.45) is 0.279. The molecule has 0 bridgehead atoms. The smallest absolute Gasteiger partial charge is 0.255 e. The van der Waals surface area contributed by atoms with E-state index in [0.717, 1.165) is 11.1 Å². The lowest BCUT2D eigenvalue weighted by molar-refractivity contribution is -0.115. The van der Waals surface area contributed by atoms with E-state index < -0.39 is 0 Å². The first-order valence-corrected chi connectivity index (χ1v) is 8.43. The quantitative estimate of drug-likeness (QED) is 0.719. The van der Waals surface area contributed by atoms with Crippen molar-refractivity contribution < 1.29 is 9.59 Å². The minimum atomic E-state index is -0.201. The summed E-state index contributed by atoms with van der Waals surface area (Å²) in [6.45, 7) is 1.89. The summed E-state index contributed by atoms with van der Waals surface area (Å²) < 4.78 is 0. The van der Waals surface area contributed by atoms with Gasteiger partial charge in [0.1, 0.15) is 0 Å². The normalized spacial score (nSPS) is 10.2. The molecular weight excluding hydrogens is 324 g/mol.